The number of likely N-dealkylation sites (tertiary alicyclic amines) is 1. The first kappa shape index (κ1) is 50.0. The third kappa shape index (κ3) is 21.8. The lowest BCUT2D eigenvalue weighted by molar-refractivity contribution is -0.168. The highest BCUT2D eigenvalue weighted by atomic mass is 16.6. The molecule has 4 aliphatic rings. The minimum atomic E-state index is -0.772. The van der Waals surface area contributed by atoms with E-state index in [2.05, 4.69) is 25.8 Å². The van der Waals surface area contributed by atoms with Crippen molar-refractivity contribution < 1.29 is 33.3 Å². The Labute approximate surface area is 362 Å². The van der Waals surface area contributed by atoms with Crippen LogP contribution >= 0.6 is 0 Å². The number of nitrogens with zero attached hydrogens (tertiary/aromatic N) is 1. The molecule has 2 saturated heterocycles. The second-order valence-corrected chi connectivity index (χ2v) is 19.6. The van der Waals surface area contributed by atoms with Gasteiger partial charge in [-0.3, -0.25) is 14.4 Å². The third-order valence-corrected chi connectivity index (χ3v) is 14.4. The van der Waals surface area contributed by atoms with E-state index in [4.69, 9.17) is 18.9 Å². The Morgan fingerprint density at radius 1 is 0.559 bits per heavy atom. The van der Waals surface area contributed by atoms with Crippen LogP contribution in [0, 0.1) is 23.7 Å². The lowest BCUT2D eigenvalue weighted by Gasteiger charge is -2.31. The second kappa shape index (κ2) is 30.4. The van der Waals surface area contributed by atoms with E-state index in [1.54, 1.807) is 0 Å². The van der Waals surface area contributed by atoms with Crippen molar-refractivity contribution in [3.63, 3.8) is 0 Å². The van der Waals surface area contributed by atoms with Crippen LogP contribution < -0.4 is 0 Å². The van der Waals surface area contributed by atoms with Crippen molar-refractivity contribution in [2.45, 2.75) is 257 Å². The van der Waals surface area contributed by atoms with Crippen molar-refractivity contribution in [2.24, 2.45) is 23.7 Å². The summed E-state index contributed by atoms with van der Waals surface area (Å²) in [7, 11) is 2.06. The summed E-state index contributed by atoms with van der Waals surface area (Å²) >= 11 is 0. The molecule has 59 heavy (non-hydrogen) atoms. The molecule has 342 valence electrons. The van der Waals surface area contributed by atoms with Crippen molar-refractivity contribution in [1.29, 1.82) is 0 Å². The molecule has 8 atom stereocenters. The van der Waals surface area contributed by atoms with Gasteiger partial charge < -0.3 is 23.8 Å². The normalized spacial score (nSPS) is 26.5. The van der Waals surface area contributed by atoms with Gasteiger partial charge in [0.1, 0.15) is 12.7 Å². The lowest BCUT2D eigenvalue weighted by atomic mass is 10.0. The van der Waals surface area contributed by atoms with Crippen molar-refractivity contribution >= 4 is 17.9 Å². The van der Waals surface area contributed by atoms with E-state index >= 15 is 0 Å². The smallest absolute Gasteiger partial charge is 0.307 e. The van der Waals surface area contributed by atoms with E-state index in [9.17, 15) is 14.4 Å². The fourth-order valence-corrected chi connectivity index (χ4v) is 10.1. The van der Waals surface area contributed by atoms with Gasteiger partial charge >= 0.3 is 17.9 Å². The Balaban J connectivity index is 1.07. The number of ether oxygens (including phenoxy) is 4. The van der Waals surface area contributed by atoms with Crippen molar-refractivity contribution in [3.8, 4) is 0 Å². The molecule has 0 aromatic carbocycles. The summed E-state index contributed by atoms with van der Waals surface area (Å²) in [4.78, 5) is 41.2. The summed E-state index contributed by atoms with van der Waals surface area (Å²) in [5, 5.41) is 0. The van der Waals surface area contributed by atoms with Gasteiger partial charge in [0.25, 0.3) is 0 Å². The maximum absolute atomic E-state index is 13.1. The number of hydrogen-bond donors (Lipinski definition) is 0. The lowest BCUT2D eigenvalue weighted by Crippen LogP contribution is -2.41. The molecule has 8 nitrogen and oxygen atoms in total. The molecule has 2 heterocycles. The first-order valence-electron chi connectivity index (χ1n) is 25.7. The highest BCUT2D eigenvalue weighted by molar-refractivity contribution is 5.71. The number of rotatable bonds is 36. The number of carbonyl (C=O) groups is 3. The van der Waals surface area contributed by atoms with Gasteiger partial charge in [0.2, 0.25) is 0 Å². The Morgan fingerprint density at radius 2 is 1.02 bits per heavy atom. The topological polar surface area (TPSA) is 91.4 Å². The summed E-state index contributed by atoms with van der Waals surface area (Å²) in [6.07, 6.45) is 38.4. The Morgan fingerprint density at radius 3 is 1.51 bits per heavy atom. The second-order valence-electron chi connectivity index (χ2n) is 19.6. The van der Waals surface area contributed by atoms with E-state index < -0.39 is 18.3 Å². The minimum absolute atomic E-state index is 0.0112. The van der Waals surface area contributed by atoms with Gasteiger partial charge in [-0.05, 0) is 75.8 Å². The molecule has 4 fully saturated rings. The average molecular weight is 830 g/mol. The molecule has 8 heteroatoms. The zero-order chi connectivity index (χ0) is 41.9. The summed E-state index contributed by atoms with van der Waals surface area (Å²) in [5.74, 6) is 3.09. The zero-order valence-electron chi connectivity index (χ0n) is 38.6. The van der Waals surface area contributed by atoms with E-state index in [0.29, 0.717) is 19.3 Å². The molecule has 0 amide bonds. The van der Waals surface area contributed by atoms with Crippen LogP contribution in [0.25, 0.3) is 0 Å². The van der Waals surface area contributed by atoms with E-state index in [-0.39, 0.29) is 37.2 Å². The first-order chi connectivity index (χ1) is 28.9. The summed E-state index contributed by atoms with van der Waals surface area (Å²) in [6.45, 7) is 5.69. The van der Waals surface area contributed by atoms with Crippen LogP contribution in [0.2, 0.25) is 0 Å². The molecule has 0 aromatic heterocycles. The summed E-state index contributed by atoms with van der Waals surface area (Å²) in [5.41, 5.74) is 0. The van der Waals surface area contributed by atoms with Gasteiger partial charge in [-0.2, -0.15) is 0 Å². The molecule has 0 N–H and O–H groups in total. The molecule has 0 radical (unpaired) electrons. The van der Waals surface area contributed by atoms with Gasteiger partial charge in [-0.1, -0.05) is 174 Å². The Bertz CT molecular complexity index is 1130. The zero-order valence-corrected chi connectivity index (χ0v) is 38.6. The Hall–Kier alpha value is -1.67. The van der Waals surface area contributed by atoms with Gasteiger partial charge in [0.05, 0.1) is 13.0 Å². The van der Waals surface area contributed by atoms with Crippen molar-refractivity contribution in [3.05, 3.63) is 0 Å². The predicted octanol–water partition coefficient (Wildman–Crippen LogP) is 12.9. The van der Waals surface area contributed by atoms with Crippen molar-refractivity contribution in [2.75, 3.05) is 26.8 Å². The molecule has 0 aromatic rings. The number of piperidine rings is 1. The molecular formula is C51H91NO7. The molecule has 0 bridgehead atoms. The van der Waals surface area contributed by atoms with Gasteiger partial charge in [0, 0.05) is 18.9 Å². The van der Waals surface area contributed by atoms with E-state index in [1.165, 1.54) is 141 Å². The van der Waals surface area contributed by atoms with Gasteiger partial charge in [0.15, 0.2) is 12.2 Å². The highest BCUT2D eigenvalue weighted by Crippen LogP contribution is 2.46. The highest BCUT2D eigenvalue weighted by Gasteiger charge is 2.43. The summed E-state index contributed by atoms with van der Waals surface area (Å²) < 4.78 is 23.5. The monoisotopic (exact) mass is 830 g/mol. The van der Waals surface area contributed by atoms with Crippen LogP contribution in [0.4, 0.5) is 0 Å². The Kier molecular flexibility index (Phi) is 25.7. The van der Waals surface area contributed by atoms with Crippen LogP contribution in [-0.2, 0) is 33.3 Å². The average Bonchev–Trinajstić information content (AvgIpc) is 4.13. The minimum Gasteiger partial charge on any atom is -0.463 e. The molecular weight excluding hydrogens is 739 g/mol. The maximum Gasteiger partial charge on any atom is 0.307 e. The molecule has 2 aliphatic heterocycles. The summed E-state index contributed by atoms with van der Waals surface area (Å²) in [6, 6.07) is 0.189. The van der Waals surface area contributed by atoms with Crippen LogP contribution in [0.5, 0.6) is 0 Å². The standard InChI is InChI=1S/C51H91NO7/c1-4-6-8-10-14-20-28-41-36-43(41)30-22-16-12-18-24-33-48(53)58-47-40-56-46(39-57-50(55)38-45-32-26-27-35-52(45)3)51(47)59-49(54)34-25-19-13-17-23-31-44-37-42(44)29-21-15-11-9-7-5-2/h41-47,51H,4-40H2,1-3H3/t41?,42?,43?,44?,45?,46-,47+,51+/m1/s1. The van der Waals surface area contributed by atoms with Crippen LogP contribution in [-0.4, -0.2) is 74.0 Å². The first-order valence-corrected chi connectivity index (χ1v) is 25.7. The fourth-order valence-electron chi connectivity index (χ4n) is 10.1. The number of carbonyl (C=O) groups excluding carboxylic acids is 3. The van der Waals surface area contributed by atoms with Crippen molar-refractivity contribution in [1.82, 2.24) is 4.90 Å². The molecule has 4 rings (SSSR count). The van der Waals surface area contributed by atoms with Crippen LogP contribution in [0.3, 0.4) is 0 Å². The van der Waals surface area contributed by atoms with E-state index in [1.807, 2.05) is 0 Å². The third-order valence-electron chi connectivity index (χ3n) is 14.4. The van der Waals surface area contributed by atoms with E-state index in [0.717, 1.165) is 88.0 Å². The fraction of sp³-hybridized carbons (Fsp3) is 0.941. The SMILES string of the molecule is CCCCCCCCC1CC1CCCCCCCC(=O)O[C@@H]1[C@@H](OC(=O)CCCCCCCC2CC2CCCCCCCC)CO[C@@H]1COC(=O)CC1CCCCN1C. The molecule has 2 saturated carbocycles. The largest absolute Gasteiger partial charge is 0.463 e. The number of esters is 3. The molecule has 0 spiro atoms. The number of hydrogen-bond acceptors (Lipinski definition) is 8. The molecule has 5 unspecified atom stereocenters. The quantitative estimate of drug-likeness (QED) is 0.0350. The van der Waals surface area contributed by atoms with Crippen LogP contribution in [0.15, 0.2) is 0 Å². The van der Waals surface area contributed by atoms with Crippen LogP contribution in [0.1, 0.15) is 232 Å². The van der Waals surface area contributed by atoms with Gasteiger partial charge in [-0.15, -0.1) is 0 Å². The predicted molar refractivity (Wildman–Crippen MR) is 239 cm³/mol. The maximum atomic E-state index is 13.1. The number of unbranched alkanes of at least 4 members (excludes halogenated alkanes) is 18. The van der Waals surface area contributed by atoms with Gasteiger partial charge in [-0.25, -0.2) is 0 Å². The molecule has 2 aliphatic carbocycles.